The topological polar surface area (TPSA) is 115 Å². The van der Waals surface area contributed by atoms with Gasteiger partial charge in [0.05, 0.1) is 6.61 Å². The van der Waals surface area contributed by atoms with Crippen molar-refractivity contribution in [3.63, 3.8) is 0 Å². The van der Waals surface area contributed by atoms with Gasteiger partial charge in [0.1, 0.15) is 5.75 Å². The number of primary amides is 1. The molecule has 1 aliphatic rings. The molecule has 2 aromatic rings. The second kappa shape index (κ2) is 10.8. The second-order valence-corrected chi connectivity index (χ2v) is 9.11. The van der Waals surface area contributed by atoms with Crippen molar-refractivity contribution in [1.82, 2.24) is 10.1 Å². The summed E-state index contributed by atoms with van der Waals surface area (Å²) in [7, 11) is 0. The van der Waals surface area contributed by atoms with Gasteiger partial charge in [-0.15, -0.1) is 0 Å². The van der Waals surface area contributed by atoms with Crippen molar-refractivity contribution in [2.45, 2.75) is 65.2 Å². The minimum atomic E-state index is -0.465. The van der Waals surface area contributed by atoms with Crippen molar-refractivity contribution in [1.29, 1.82) is 0 Å². The molecule has 3 rings (SSSR count). The second-order valence-electron chi connectivity index (χ2n) is 9.11. The van der Waals surface area contributed by atoms with E-state index in [9.17, 15) is 9.90 Å². The number of aliphatic hydroxyl groups is 1. The molecule has 0 radical (unpaired) electrons. The van der Waals surface area contributed by atoms with E-state index in [4.69, 9.17) is 15.0 Å². The van der Waals surface area contributed by atoms with Gasteiger partial charge in [-0.05, 0) is 61.4 Å². The summed E-state index contributed by atoms with van der Waals surface area (Å²) in [5, 5.41) is 13.8. The first kappa shape index (κ1) is 24.0. The van der Waals surface area contributed by atoms with Gasteiger partial charge < -0.3 is 25.0 Å². The van der Waals surface area contributed by atoms with Gasteiger partial charge in [0.25, 0.3) is 5.95 Å². The van der Waals surface area contributed by atoms with Crippen molar-refractivity contribution in [3.05, 3.63) is 34.7 Å². The lowest BCUT2D eigenvalue weighted by Crippen LogP contribution is -2.34. The monoisotopic (exact) mass is 444 g/mol. The van der Waals surface area contributed by atoms with Gasteiger partial charge in [0.15, 0.2) is 0 Å². The summed E-state index contributed by atoms with van der Waals surface area (Å²) in [6.07, 6.45) is 4.25. The molecular weight excluding hydrogens is 408 g/mol. The molecule has 2 heterocycles. The number of piperidine rings is 1. The van der Waals surface area contributed by atoms with Crippen molar-refractivity contribution >= 4 is 11.9 Å². The summed E-state index contributed by atoms with van der Waals surface area (Å²) >= 11 is 0. The lowest BCUT2D eigenvalue weighted by atomic mass is 9.92. The SMILES string of the molecule is Cc1c(C(N)=O)ccc(OCCCC2CCN(c3noc(C(C)C)n3)CC2)c1[C@@H](C)CO. The molecule has 1 aliphatic heterocycles. The molecule has 8 heteroatoms. The Kier molecular flexibility index (Phi) is 8.12. The number of amides is 1. The van der Waals surface area contributed by atoms with Crippen molar-refractivity contribution in [2.75, 3.05) is 31.2 Å². The van der Waals surface area contributed by atoms with Crippen LogP contribution in [-0.2, 0) is 0 Å². The number of hydrogen-bond acceptors (Lipinski definition) is 7. The third kappa shape index (κ3) is 5.59. The van der Waals surface area contributed by atoms with E-state index in [1.807, 2.05) is 27.7 Å². The van der Waals surface area contributed by atoms with E-state index < -0.39 is 5.91 Å². The molecule has 8 nitrogen and oxygen atoms in total. The minimum Gasteiger partial charge on any atom is -0.493 e. The Balaban J connectivity index is 1.48. The Morgan fingerprint density at radius 3 is 2.62 bits per heavy atom. The first-order valence-electron chi connectivity index (χ1n) is 11.6. The molecular formula is C24H36N4O4. The van der Waals surface area contributed by atoms with E-state index in [2.05, 4.69) is 15.0 Å². The average molecular weight is 445 g/mol. The number of hydrogen-bond donors (Lipinski definition) is 2. The predicted octanol–water partition coefficient (Wildman–Crippen LogP) is 3.77. The van der Waals surface area contributed by atoms with E-state index in [-0.39, 0.29) is 18.4 Å². The first-order valence-corrected chi connectivity index (χ1v) is 11.6. The Morgan fingerprint density at radius 1 is 1.31 bits per heavy atom. The summed E-state index contributed by atoms with van der Waals surface area (Å²) in [6, 6.07) is 3.50. The molecule has 0 saturated carbocycles. The van der Waals surface area contributed by atoms with Gasteiger partial charge in [-0.25, -0.2) is 0 Å². The summed E-state index contributed by atoms with van der Waals surface area (Å²) in [5.74, 6) is 2.42. The minimum absolute atomic E-state index is 0.0168. The zero-order valence-corrected chi connectivity index (χ0v) is 19.6. The summed E-state index contributed by atoms with van der Waals surface area (Å²) < 4.78 is 11.4. The molecule has 32 heavy (non-hydrogen) atoms. The predicted molar refractivity (Wildman–Crippen MR) is 123 cm³/mol. The van der Waals surface area contributed by atoms with E-state index in [0.717, 1.165) is 55.6 Å². The third-order valence-electron chi connectivity index (χ3n) is 6.34. The molecule has 1 atom stereocenters. The lowest BCUT2D eigenvalue weighted by molar-refractivity contribution is 0.0999. The van der Waals surface area contributed by atoms with Crippen molar-refractivity contribution in [3.8, 4) is 5.75 Å². The number of aliphatic hydroxyl groups excluding tert-OH is 1. The number of ether oxygens (including phenoxy) is 1. The Labute approximate surface area is 190 Å². The van der Waals surface area contributed by atoms with Crippen molar-refractivity contribution < 1.29 is 19.2 Å². The maximum absolute atomic E-state index is 11.7. The normalized spacial score (nSPS) is 15.9. The highest BCUT2D eigenvalue weighted by molar-refractivity contribution is 5.95. The van der Waals surface area contributed by atoms with Crippen LogP contribution in [0.5, 0.6) is 5.75 Å². The van der Waals surface area contributed by atoms with E-state index in [1.54, 1.807) is 12.1 Å². The highest BCUT2D eigenvalue weighted by Gasteiger charge is 2.23. The lowest BCUT2D eigenvalue weighted by Gasteiger charge is -2.30. The van der Waals surface area contributed by atoms with E-state index in [0.29, 0.717) is 29.9 Å². The molecule has 0 aliphatic carbocycles. The van der Waals surface area contributed by atoms with Gasteiger partial charge in [-0.1, -0.05) is 20.8 Å². The van der Waals surface area contributed by atoms with Gasteiger partial charge in [-0.3, -0.25) is 4.79 Å². The molecule has 0 spiro atoms. The Morgan fingerprint density at radius 2 is 2.03 bits per heavy atom. The highest BCUT2D eigenvalue weighted by atomic mass is 16.5. The van der Waals surface area contributed by atoms with Crippen LogP contribution in [0.4, 0.5) is 5.95 Å². The Hall–Kier alpha value is -2.61. The van der Waals surface area contributed by atoms with Crippen molar-refractivity contribution in [2.24, 2.45) is 11.7 Å². The molecule has 0 unspecified atom stereocenters. The zero-order valence-electron chi connectivity index (χ0n) is 19.6. The van der Waals surface area contributed by atoms with Crippen LogP contribution < -0.4 is 15.4 Å². The number of carbonyl (C=O) groups is 1. The fourth-order valence-electron chi connectivity index (χ4n) is 4.37. The van der Waals surface area contributed by atoms with Gasteiger partial charge in [0.2, 0.25) is 11.8 Å². The van der Waals surface area contributed by atoms with Crippen LogP contribution in [0.15, 0.2) is 16.7 Å². The van der Waals surface area contributed by atoms with Gasteiger partial charge in [0, 0.05) is 42.7 Å². The largest absolute Gasteiger partial charge is 0.493 e. The smallest absolute Gasteiger partial charge is 0.266 e. The Bertz CT molecular complexity index is 903. The van der Waals surface area contributed by atoms with Gasteiger partial charge >= 0.3 is 0 Å². The molecule has 1 fully saturated rings. The third-order valence-corrected chi connectivity index (χ3v) is 6.34. The zero-order chi connectivity index (χ0) is 23.3. The molecule has 0 bridgehead atoms. The summed E-state index contributed by atoms with van der Waals surface area (Å²) in [6.45, 7) is 10.3. The number of benzene rings is 1. The number of nitrogens with zero attached hydrogens (tertiary/aromatic N) is 3. The van der Waals surface area contributed by atoms with E-state index >= 15 is 0 Å². The number of rotatable bonds is 10. The van der Waals surface area contributed by atoms with Crippen LogP contribution in [0.1, 0.15) is 85.7 Å². The number of nitrogens with two attached hydrogens (primary N) is 1. The summed E-state index contributed by atoms with van der Waals surface area (Å²) in [4.78, 5) is 18.4. The van der Waals surface area contributed by atoms with E-state index in [1.165, 1.54) is 0 Å². The van der Waals surface area contributed by atoms with Crippen LogP contribution in [0.25, 0.3) is 0 Å². The fraction of sp³-hybridized carbons (Fsp3) is 0.625. The molecule has 1 aromatic heterocycles. The molecule has 1 aromatic carbocycles. The number of carbonyl (C=O) groups excluding carboxylic acids is 1. The first-order chi connectivity index (χ1) is 15.3. The van der Waals surface area contributed by atoms with Crippen LogP contribution >= 0.6 is 0 Å². The highest BCUT2D eigenvalue weighted by Crippen LogP contribution is 2.32. The quantitative estimate of drug-likeness (QED) is 0.536. The molecule has 1 amide bonds. The van der Waals surface area contributed by atoms with Crippen LogP contribution in [0.2, 0.25) is 0 Å². The average Bonchev–Trinajstić information content (AvgIpc) is 3.27. The van der Waals surface area contributed by atoms with Crippen LogP contribution in [0.3, 0.4) is 0 Å². The fourth-order valence-corrected chi connectivity index (χ4v) is 4.37. The summed E-state index contributed by atoms with van der Waals surface area (Å²) in [5.41, 5.74) is 7.60. The van der Waals surface area contributed by atoms with Crippen LogP contribution in [-0.4, -0.2) is 47.5 Å². The van der Waals surface area contributed by atoms with Gasteiger partial charge in [-0.2, -0.15) is 4.98 Å². The molecule has 3 N–H and O–H groups in total. The molecule has 176 valence electrons. The number of anilines is 1. The standard InChI is InChI=1S/C24H36N4O4/c1-15(2)23-26-24(27-32-23)28-11-9-18(10-12-28)6-5-13-31-20-8-7-19(22(25)30)17(4)21(20)16(3)14-29/h7-8,15-16,18,29H,5-6,9-14H2,1-4H3,(H2,25,30)/t16-/m0/s1. The maximum Gasteiger partial charge on any atom is 0.266 e. The number of aromatic nitrogens is 2. The molecule has 1 saturated heterocycles. The van der Waals surface area contributed by atoms with Crippen LogP contribution in [0, 0.1) is 12.8 Å². The maximum atomic E-state index is 11.7.